The molecule has 0 saturated heterocycles. The van der Waals surface area contributed by atoms with Gasteiger partial charge in [-0.05, 0) is 5.92 Å². The van der Waals surface area contributed by atoms with Crippen LogP contribution in [0.3, 0.4) is 0 Å². The van der Waals surface area contributed by atoms with Crippen molar-refractivity contribution in [3.8, 4) is 11.3 Å². The molecule has 0 spiro atoms. The molecule has 1 heterocycles. The highest BCUT2D eigenvalue weighted by Crippen LogP contribution is 2.20. The number of carbonyl (C=O) groups excluding carboxylic acids is 1. The highest BCUT2D eigenvalue weighted by molar-refractivity contribution is 5.99. The second-order valence-corrected chi connectivity index (χ2v) is 4.66. The quantitative estimate of drug-likeness (QED) is 0.810. The monoisotopic (exact) mass is 259 g/mol. The third-order valence-electron chi connectivity index (χ3n) is 2.53. The van der Waals surface area contributed by atoms with Crippen LogP contribution in [0.15, 0.2) is 36.5 Å². The topological polar surface area (TPSA) is 67.0 Å². The van der Waals surface area contributed by atoms with Crippen molar-refractivity contribution in [2.45, 2.75) is 13.8 Å². The maximum atomic E-state index is 12.0. The van der Waals surface area contributed by atoms with Crippen LogP contribution in [-0.2, 0) is 4.84 Å². The van der Waals surface area contributed by atoms with Gasteiger partial charge in [-0.3, -0.25) is 14.7 Å². The maximum Gasteiger partial charge on any atom is 0.278 e. The van der Waals surface area contributed by atoms with Gasteiger partial charge in [0.15, 0.2) is 0 Å². The summed E-state index contributed by atoms with van der Waals surface area (Å²) in [6, 6.07) is 9.57. The van der Waals surface area contributed by atoms with Crippen LogP contribution in [0.25, 0.3) is 11.3 Å². The van der Waals surface area contributed by atoms with E-state index in [9.17, 15) is 4.79 Å². The third-order valence-corrected chi connectivity index (χ3v) is 2.53. The normalized spacial score (nSPS) is 10.7. The van der Waals surface area contributed by atoms with Crippen molar-refractivity contribution in [1.29, 1.82) is 0 Å². The molecule has 0 bridgehead atoms. The fourth-order valence-corrected chi connectivity index (χ4v) is 1.61. The number of nitrogens with one attached hydrogen (secondary N) is 2. The minimum atomic E-state index is -0.298. The molecule has 2 N–H and O–H groups in total. The van der Waals surface area contributed by atoms with Gasteiger partial charge >= 0.3 is 0 Å². The van der Waals surface area contributed by atoms with Crippen molar-refractivity contribution in [2.75, 3.05) is 6.61 Å². The molecule has 100 valence electrons. The fraction of sp³-hybridized carbons (Fsp3) is 0.286. The molecule has 5 nitrogen and oxygen atoms in total. The average molecular weight is 259 g/mol. The van der Waals surface area contributed by atoms with E-state index in [-0.39, 0.29) is 5.91 Å². The molecule has 19 heavy (non-hydrogen) atoms. The first-order chi connectivity index (χ1) is 9.18. The van der Waals surface area contributed by atoms with Crippen LogP contribution < -0.4 is 5.48 Å². The van der Waals surface area contributed by atoms with Crippen LogP contribution >= 0.6 is 0 Å². The molecule has 0 unspecified atom stereocenters. The number of rotatable bonds is 5. The van der Waals surface area contributed by atoms with Crippen LogP contribution in [0.1, 0.15) is 24.2 Å². The number of benzene rings is 1. The molecule has 0 radical (unpaired) electrons. The van der Waals surface area contributed by atoms with Crippen molar-refractivity contribution in [2.24, 2.45) is 5.92 Å². The van der Waals surface area contributed by atoms with Gasteiger partial charge in [0.05, 0.1) is 24.1 Å². The van der Waals surface area contributed by atoms with Gasteiger partial charge in [0.2, 0.25) is 0 Å². The Morgan fingerprint density at radius 2 is 2.11 bits per heavy atom. The van der Waals surface area contributed by atoms with E-state index in [1.54, 1.807) is 0 Å². The molecule has 5 heteroatoms. The van der Waals surface area contributed by atoms with Crippen LogP contribution in [0.5, 0.6) is 0 Å². The molecule has 2 rings (SSSR count). The predicted octanol–water partition coefficient (Wildman–Crippen LogP) is 2.39. The van der Waals surface area contributed by atoms with Crippen LogP contribution in [-0.4, -0.2) is 22.7 Å². The van der Waals surface area contributed by atoms with Crippen molar-refractivity contribution in [1.82, 2.24) is 15.7 Å². The Morgan fingerprint density at radius 1 is 1.37 bits per heavy atom. The first-order valence-electron chi connectivity index (χ1n) is 6.19. The van der Waals surface area contributed by atoms with Gasteiger partial charge in [0.1, 0.15) is 0 Å². The molecule has 0 aliphatic carbocycles. The van der Waals surface area contributed by atoms with Gasteiger partial charge in [-0.1, -0.05) is 44.2 Å². The van der Waals surface area contributed by atoms with Crippen LogP contribution in [0, 0.1) is 5.92 Å². The smallest absolute Gasteiger partial charge is 0.277 e. The van der Waals surface area contributed by atoms with E-state index < -0.39 is 0 Å². The molecule has 0 aliphatic rings. The minimum absolute atomic E-state index is 0.298. The lowest BCUT2D eigenvalue weighted by Crippen LogP contribution is -2.25. The Morgan fingerprint density at radius 3 is 2.79 bits per heavy atom. The molecule has 0 atom stereocenters. The first-order valence-corrected chi connectivity index (χ1v) is 6.19. The summed E-state index contributed by atoms with van der Waals surface area (Å²) in [4.78, 5) is 17.1. The molecule has 1 aromatic heterocycles. The zero-order valence-corrected chi connectivity index (χ0v) is 11.0. The summed E-state index contributed by atoms with van der Waals surface area (Å²) in [6.07, 6.45) is 1.50. The molecule has 1 amide bonds. The van der Waals surface area contributed by atoms with Crippen LogP contribution in [0.4, 0.5) is 0 Å². The lowest BCUT2D eigenvalue weighted by Gasteiger charge is -2.08. The molecule has 1 aromatic carbocycles. The summed E-state index contributed by atoms with van der Waals surface area (Å²) < 4.78 is 0. The second-order valence-electron chi connectivity index (χ2n) is 4.66. The highest BCUT2D eigenvalue weighted by atomic mass is 16.6. The van der Waals surface area contributed by atoms with Crippen molar-refractivity contribution in [3.05, 3.63) is 42.1 Å². The average Bonchev–Trinajstić information content (AvgIpc) is 2.88. The zero-order chi connectivity index (χ0) is 13.7. The van der Waals surface area contributed by atoms with Gasteiger partial charge in [-0.15, -0.1) is 0 Å². The Bertz CT molecular complexity index is 535. The van der Waals surface area contributed by atoms with Gasteiger partial charge in [-0.25, -0.2) is 5.48 Å². The number of H-pyrrole nitrogens is 1. The van der Waals surface area contributed by atoms with E-state index in [4.69, 9.17) is 4.84 Å². The number of amides is 1. The SMILES string of the molecule is CC(C)CONC(=O)c1cn[nH]c1-c1ccccc1. The zero-order valence-electron chi connectivity index (χ0n) is 11.0. The fourth-order valence-electron chi connectivity index (χ4n) is 1.61. The van der Waals surface area contributed by atoms with Gasteiger partial charge < -0.3 is 0 Å². The van der Waals surface area contributed by atoms with Gasteiger partial charge in [-0.2, -0.15) is 5.10 Å². The maximum absolute atomic E-state index is 12.0. The Balaban J connectivity index is 2.09. The predicted molar refractivity (Wildman–Crippen MR) is 72.3 cm³/mol. The summed E-state index contributed by atoms with van der Waals surface area (Å²) in [6.45, 7) is 4.50. The van der Waals surface area contributed by atoms with Gasteiger partial charge in [0.25, 0.3) is 5.91 Å². The number of carbonyl (C=O) groups is 1. The van der Waals surface area contributed by atoms with E-state index in [2.05, 4.69) is 15.7 Å². The lowest BCUT2D eigenvalue weighted by molar-refractivity contribution is 0.0209. The third kappa shape index (κ3) is 3.42. The number of hydroxylamine groups is 1. The summed E-state index contributed by atoms with van der Waals surface area (Å²) in [5.74, 6) is 0.0616. The van der Waals surface area contributed by atoms with E-state index in [1.807, 2.05) is 44.2 Å². The molecule has 0 saturated carbocycles. The van der Waals surface area contributed by atoms with Crippen molar-refractivity contribution in [3.63, 3.8) is 0 Å². The van der Waals surface area contributed by atoms with E-state index in [1.165, 1.54) is 6.20 Å². The highest BCUT2D eigenvalue weighted by Gasteiger charge is 2.15. The first kappa shape index (κ1) is 13.3. The Hall–Kier alpha value is -2.14. The van der Waals surface area contributed by atoms with E-state index in [0.29, 0.717) is 23.8 Å². The number of aromatic nitrogens is 2. The van der Waals surface area contributed by atoms with E-state index in [0.717, 1.165) is 5.56 Å². The standard InChI is InChI=1S/C14H17N3O2/c1-10(2)9-19-17-14(18)12-8-15-16-13(12)11-6-4-3-5-7-11/h3-8,10H,9H2,1-2H3,(H,15,16)(H,17,18). The summed E-state index contributed by atoms with van der Waals surface area (Å²) in [5, 5.41) is 6.76. The number of nitrogens with zero attached hydrogens (tertiary/aromatic N) is 1. The Kier molecular flexibility index (Phi) is 4.30. The minimum Gasteiger partial charge on any atom is -0.277 e. The Labute approximate surface area is 111 Å². The number of hydrogen-bond acceptors (Lipinski definition) is 3. The van der Waals surface area contributed by atoms with Crippen LogP contribution in [0.2, 0.25) is 0 Å². The molecule has 2 aromatic rings. The lowest BCUT2D eigenvalue weighted by atomic mass is 10.1. The number of aromatic amines is 1. The second kappa shape index (κ2) is 6.15. The summed E-state index contributed by atoms with van der Waals surface area (Å²) in [5.41, 5.74) is 4.49. The largest absolute Gasteiger partial charge is 0.278 e. The number of hydrogen-bond donors (Lipinski definition) is 2. The summed E-state index contributed by atoms with van der Waals surface area (Å²) in [7, 11) is 0. The molecular formula is C14H17N3O2. The van der Waals surface area contributed by atoms with E-state index >= 15 is 0 Å². The molecular weight excluding hydrogens is 242 g/mol. The summed E-state index contributed by atoms with van der Waals surface area (Å²) >= 11 is 0. The van der Waals surface area contributed by atoms with Crippen molar-refractivity contribution < 1.29 is 9.63 Å². The van der Waals surface area contributed by atoms with Crippen molar-refractivity contribution >= 4 is 5.91 Å². The molecule has 0 fully saturated rings. The molecule has 0 aliphatic heterocycles. The van der Waals surface area contributed by atoms with Gasteiger partial charge in [0, 0.05) is 5.56 Å².